The maximum Gasteiger partial charge on any atom is 0.252 e. The summed E-state index contributed by atoms with van der Waals surface area (Å²) in [7, 11) is 4.11. The van der Waals surface area contributed by atoms with Gasteiger partial charge >= 0.3 is 0 Å². The molecule has 0 amide bonds. The van der Waals surface area contributed by atoms with Gasteiger partial charge in [-0.1, -0.05) is 0 Å². The maximum atomic E-state index is 13.5. The van der Waals surface area contributed by atoms with E-state index in [4.69, 9.17) is 10.8 Å². The average molecular weight is 453 g/mol. The van der Waals surface area contributed by atoms with Gasteiger partial charge in [-0.15, -0.1) is 0 Å². The number of pyridine rings is 1. The molecule has 0 bridgehead atoms. The van der Waals surface area contributed by atoms with Crippen molar-refractivity contribution in [2.24, 2.45) is 5.73 Å². The first-order valence-corrected chi connectivity index (χ1v) is 11.2. The molecule has 4 aromatic heterocycles. The Hall–Kier alpha value is -2.98. The molecule has 4 heterocycles. The molecule has 0 atom stereocenters. The summed E-state index contributed by atoms with van der Waals surface area (Å²) in [6.07, 6.45) is 6.77. The van der Waals surface area contributed by atoms with Crippen LogP contribution in [0.2, 0.25) is 0 Å². The van der Waals surface area contributed by atoms with Crippen molar-refractivity contribution in [2.75, 3.05) is 14.1 Å². The topological polar surface area (TPSA) is 90.2 Å². The highest BCUT2D eigenvalue weighted by atomic mass is 19.3. The van der Waals surface area contributed by atoms with Crippen molar-refractivity contribution in [3.8, 4) is 11.1 Å². The summed E-state index contributed by atoms with van der Waals surface area (Å²) in [5, 5.41) is 4.70. The quantitative estimate of drug-likeness (QED) is 0.511. The number of rotatable bonds is 4. The van der Waals surface area contributed by atoms with Crippen LogP contribution in [0.1, 0.15) is 43.4 Å². The van der Waals surface area contributed by atoms with Crippen molar-refractivity contribution >= 4 is 16.7 Å². The number of imidazole rings is 1. The van der Waals surface area contributed by atoms with Gasteiger partial charge in [-0.2, -0.15) is 5.10 Å². The van der Waals surface area contributed by atoms with Crippen LogP contribution in [-0.2, 0) is 5.54 Å². The van der Waals surface area contributed by atoms with Crippen LogP contribution in [-0.4, -0.2) is 60.1 Å². The third-order valence-electron chi connectivity index (χ3n) is 7.26. The van der Waals surface area contributed by atoms with E-state index in [1.165, 1.54) is 0 Å². The fourth-order valence-corrected chi connectivity index (χ4v) is 5.21. The molecule has 0 radical (unpaired) electrons. The molecule has 0 unspecified atom stereocenters. The van der Waals surface area contributed by atoms with Crippen LogP contribution in [0.4, 0.5) is 8.78 Å². The molecule has 2 aliphatic carbocycles. The van der Waals surface area contributed by atoms with Gasteiger partial charge in [0.25, 0.3) is 5.92 Å². The van der Waals surface area contributed by atoms with E-state index < -0.39 is 11.5 Å². The molecule has 10 heteroatoms. The molecule has 4 aromatic rings. The molecule has 6 rings (SSSR count). The van der Waals surface area contributed by atoms with E-state index in [1.54, 1.807) is 16.9 Å². The number of hydrogen-bond acceptors (Lipinski definition) is 6. The van der Waals surface area contributed by atoms with Crippen molar-refractivity contribution in [3.63, 3.8) is 0 Å². The number of aromatic nitrogens is 6. The van der Waals surface area contributed by atoms with Crippen molar-refractivity contribution in [3.05, 3.63) is 42.4 Å². The normalized spacial score (nSPS) is 25.0. The minimum Gasteiger partial charge on any atom is -0.323 e. The van der Waals surface area contributed by atoms with Crippen LogP contribution in [0, 0.1) is 6.92 Å². The van der Waals surface area contributed by atoms with Crippen LogP contribution >= 0.6 is 0 Å². The summed E-state index contributed by atoms with van der Waals surface area (Å²) in [5.74, 6) is -1.25. The highest BCUT2D eigenvalue weighted by Gasteiger charge is 2.47. The zero-order valence-corrected chi connectivity index (χ0v) is 18.8. The van der Waals surface area contributed by atoms with Crippen LogP contribution in [0.25, 0.3) is 27.8 Å². The summed E-state index contributed by atoms with van der Waals surface area (Å²) >= 11 is 0. The van der Waals surface area contributed by atoms with E-state index in [0.29, 0.717) is 23.3 Å². The second-order valence-corrected chi connectivity index (χ2v) is 9.84. The lowest BCUT2D eigenvalue weighted by Gasteiger charge is -2.46. The smallest absolute Gasteiger partial charge is 0.252 e. The SMILES string of the molecule is Cc1nc2ncc(-c3ccn4nc(C5(N)CC(N(C)C)C5)ncc34)cc2n1C1CC(F)(F)C1. The Morgan fingerprint density at radius 1 is 1.09 bits per heavy atom. The Labute approximate surface area is 189 Å². The first kappa shape index (κ1) is 20.6. The first-order valence-electron chi connectivity index (χ1n) is 11.2. The molecule has 0 saturated heterocycles. The van der Waals surface area contributed by atoms with E-state index >= 15 is 0 Å². The van der Waals surface area contributed by atoms with Gasteiger partial charge in [0.05, 0.1) is 22.8 Å². The summed E-state index contributed by atoms with van der Waals surface area (Å²) in [6, 6.07) is 4.12. The largest absolute Gasteiger partial charge is 0.323 e. The summed E-state index contributed by atoms with van der Waals surface area (Å²) < 4.78 is 30.7. The van der Waals surface area contributed by atoms with Crippen LogP contribution in [0.3, 0.4) is 0 Å². The van der Waals surface area contributed by atoms with Gasteiger partial charge in [-0.25, -0.2) is 28.2 Å². The molecule has 0 aromatic carbocycles. The Kier molecular flexibility index (Phi) is 4.23. The van der Waals surface area contributed by atoms with Gasteiger partial charge in [0.2, 0.25) is 0 Å². The lowest BCUT2D eigenvalue weighted by atomic mass is 9.72. The number of hydrogen-bond donors (Lipinski definition) is 1. The fraction of sp³-hybridized carbons (Fsp3) is 0.478. The van der Waals surface area contributed by atoms with E-state index in [-0.39, 0.29) is 18.9 Å². The highest BCUT2D eigenvalue weighted by Crippen LogP contribution is 2.47. The minimum atomic E-state index is -2.60. The van der Waals surface area contributed by atoms with Crippen LogP contribution in [0.5, 0.6) is 0 Å². The van der Waals surface area contributed by atoms with E-state index in [9.17, 15) is 8.78 Å². The third kappa shape index (κ3) is 3.15. The van der Waals surface area contributed by atoms with Crippen molar-refractivity contribution < 1.29 is 8.78 Å². The van der Waals surface area contributed by atoms with Gasteiger partial charge < -0.3 is 15.2 Å². The summed E-state index contributed by atoms with van der Waals surface area (Å²) in [5.41, 5.74) is 10.0. The molecular weight excluding hydrogens is 426 g/mol. The number of nitrogens with zero attached hydrogens (tertiary/aromatic N) is 7. The molecule has 172 valence electrons. The Morgan fingerprint density at radius 2 is 1.85 bits per heavy atom. The Bertz CT molecular complexity index is 1370. The second-order valence-electron chi connectivity index (χ2n) is 9.84. The summed E-state index contributed by atoms with van der Waals surface area (Å²) in [4.78, 5) is 15.8. The molecule has 2 N–H and O–H groups in total. The maximum absolute atomic E-state index is 13.5. The Morgan fingerprint density at radius 3 is 2.55 bits per heavy atom. The van der Waals surface area contributed by atoms with Crippen LogP contribution in [0.15, 0.2) is 30.7 Å². The van der Waals surface area contributed by atoms with Crippen molar-refractivity contribution in [1.82, 2.24) is 34.0 Å². The van der Waals surface area contributed by atoms with E-state index in [2.05, 4.69) is 33.9 Å². The van der Waals surface area contributed by atoms with Crippen LogP contribution < -0.4 is 5.73 Å². The molecule has 2 fully saturated rings. The summed E-state index contributed by atoms with van der Waals surface area (Å²) in [6.45, 7) is 1.84. The average Bonchev–Trinajstić information content (AvgIpc) is 3.28. The molecule has 33 heavy (non-hydrogen) atoms. The highest BCUT2D eigenvalue weighted by molar-refractivity contribution is 5.85. The molecular formula is C23H26F2N8. The molecule has 0 aliphatic heterocycles. The molecule has 2 aliphatic rings. The van der Waals surface area contributed by atoms with Crippen molar-refractivity contribution in [1.29, 1.82) is 0 Å². The number of halogens is 2. The first-order chi connectivity index (χ1) is 15.6. The van der Waals surface area contributed by atoms with Gasteiger partial charge in [0, 0.05) is 48.4 Å². The number of nitrogens with two attached hydrogens (primary N) is 1. The number of fused-ring (bicyclic) bond motifs is 2. The van der Waals surface area contributed by atoms with Gasteiger partial charge in [-0.05, 0) is 46.0 Å². The predicted octanol–water partition coefficient (Wildman–Crippen LogP) is 3.30. The predicted molar refractivity (Wildman–Crippen MR) is 120 cm³/mol. The van der Waals surface area contributed by atoms with Gasteiger partial charge in [0.15, 0.2) is 11.5 Å². The van der Waals surface area contributed by atoms with Gasteiger partial charge in [0.1, 0.15) is 5.82 Å². The molecule has 8 nitrogen and oxygen atoms in total. The van der Waals surface area contributed by atoms with E-state index in [1.807, 2.05) is 29.8 Å². The monoisotopic (exact) mass is 452 g/mol. The van der Waals surface area contributed by atoms with Gasteiger partial charge in [-0.3, -0.25) is 0 Å². The number of alkyl halides is 2. The number of aryl methyl sites for hydroxylation is 1. The second kappa shape index (κ2) is 6.77. The molecule has 2 saturated carbocycles. The minimum absolute atomic E-state index is 0.162. The standard InChI is InChI=1S/C23H26F2N8/c1-13-29-20-18(33(13)16-9-23(24,25)10-16)6-14(11-27-20)17-4-5-32-19(17)12-28-21(30-32)22(26)7-15(8-22)31(2)3/h4-6,11-12,15-16H,7-10,26H2,1-3H3. The zero-order valence-electron chi connectivity index (χ0n) is 18.8. The van der Waals surface area contributed by atoms with E-state index in [0.717, 1.165) is 35.0 Å². The lowest BCUT2D eigenvalue weighted by Crippen LogP contribution is -2.57. The molecule has 0 spiro atoms. The lowest BCUT2D eigenvalue weighted by molar-refractivity contribution is -0.103. The third-order valence-corrected chi connectivity index (χ3v) is 7.26. The van der Waals surface area contributed by atoms with Crippen molar-refractivity contribution in [2.45, 2.75) is 56.2 Å². The Balaban J connectivity index is 1.36. The fourth-order valence-electron chi connectivity index (χ4n) is 5.21. The zero-order chi connectivity index (χ0) is 23.1.